The van der Waals surface area contributed by atoms with E-state index in [1.54, 1.807) is 0 Å². The number of anilines is 1. The lowest BCUT2D eigenvalue weighted by atomic mass is 10.0. The van der Waals surface area contributed by atoms with Crippen LogP contribution in [-0.2, 0) is 19.6 Å². The molecule has 3 fully saturated rings. The summed E-state index contributed by atoms with van der Waals surface area (Å²) in [5, 5.41) is 2.92. The molecule has 10 heteroatoms. The molecule has 3 aliphatic rings. The number of fused-ring (bicyclic) bond motifs is 1. The van der Waals surface area contributed by atoms with Gasteiger partial charge in [0.15, 0.2) is 0 Å². The van der Waals surface area contributed by atoms with Crippen LogP contribution in [0.4, 0.5) is 5.69 Å². The third-order valence-electron chi connectivity index (χ3n) is 6.45. The fourth-order valence-corrected chi connectivity index (χ4v) is 5.71. The van der Waals surface area contributed by atoms with Gasteiger partial charge in [-0.25, -0.2) is 13.1 Å². The third-order valence-corrected chi connectivity index (χ3v) is 7.21. The highest BCUT2D eigenvalue weighted by Crippen LogP contribution is 2.26. The summed E-state index contributed by atoms with van der Waals surface area (Å²) in [6.07, 6.45) is 2.68. The highest BCUT2D eigenvalue weighted by Gasteiger charge is 2.44. The van der Waals surface area contributed by atoms with Crippen LogP contribution in [-0.4, -0.2) is 93.7 Å². The Morgan fingerprint density at radius 2 is 1.87 bits per heavy atom. The van der Waals surface area contributed by atoms with Crippen LogP contribution in [0.25, 0.3) is 0 Å². The van der Waals surface area contributed by atoms with Gasteiger partial charge in [-0.2, -0.15) is 0 Å². The van der Waals surface area contributed by atoms with E-state index in [0.29, 0.717) is 45.4 Å². The molecule has 4 rings (SSSR count). The number of benzene rings is 1. The van der Waals surface area contributed by atoms with E-state index in [9.17, 15) is 18.0 Å². The van der Waals surface area contributed by atoms with Crippen LogP contribution in [0.2, 0.25) is 0 Å². The van der Waals surface area contributed by atoms with Crippen molar-refractivity contribution in [2.75, 3.05) is 50.4 Å². The molecule has 0 spiro atoms. The number of nitrogens with one attached hydrogen (secondary N) is 2. The standard InChI is InChI=1S/C21H31N5O4S/c1-31(29,30)23-16-13-19-21(28)22-14-18(26(19)15-16)7-8-20(27)25-11-9-24(10-12-25)17-5-3-2-4-6-17/h2-6,16,18-19,23H,7-15H2,1H3,(H,22,28). The molecule has 1 aromatic carbocycles. The van der Waals surface area contributed by atoms with Crippen molar-refractivity contribution in [2.24, 2.45) is 0 Å². The second-order valence-corrected chi connectivity index (χ2v) is 10.5. The van der Waals surface area contributed by atoms with Gasteiger partial charge in [-0.15, -0.1) is 0 Å². The summed E-state index contributed by atoms with van der Waals surface area (Å²) in [5.74, 6) is 0.0866. The fraction of sp³-hybridized carbons (Fsp3) is 0.619. The molecule has 0 radical (unpaired) electrons. The molecule has 3 heterocycles. The molecule has 3 atom stereocenters. The Hall–Kier alpha value is -2.17. The molecule has 9 nitrogen and oxygen atoms in total. The van der Waals surface area contributed by atoms with Gasteiger partial charge in [0, 0.05) is 63.5 Å². The molecule has 2 amide bonds. The Morgan fingerprint density at radius 1 is 1.16 bits per heavy atom. The minimum absolute atomic E-state index is 0.0450. The molecule has 0 bridgehead atoms. The zero-order valence-electron chi connectivity index (χ0n) is 17.9. The zero-order valence-corrected chi connectivity index (χ0v) is 18.7. The summed E-state index contributed by atoms with van der Waals surface area (Å²) in [6, 6.07) is 9.68. The number of rotatable bonds is 6. The molecule has 0 saturated carbocycles. The monoisotopic (exact) mass is 449 g/mol. The van der Waals surface area contributed by atoms with Crippen LogP contribution in [0.5, 0.6) is 0 Å². The SMILES string of the molecule is CS(=O)(=O)NC1CC2C(=O)NCC(CCC(=O)N3CCN(c4ccccc4)CC3)N2C1. The number of para-hydroxylation sites is 1. The molecule has 31 heavy (non-hydrogen) atoms. The van der Waals surface area contributed by atoms with Gasteiger partial charge >= 0.3 is 0 Å². The first-order valence-electron chi connectivity index (χ1n) is 10.9. The van der Waals surface area contributed by atoms with Crippen molar-refractivity contribution in [3.05, 3.63) is 30.3 Å². The average molecular weight is 450 g/mol. The number of carbonyl (C=O) groups is 2. The lowest BCUT2D eigenvalue weighted by Gasteiger charge is -2.38. The summed E-state index contributed by atoms with van der Waals surface area (Å²) < 4.78 is 25.8. The van der Waals surface area contributed by atoms with E-state index in [2.05, 4.69) is 32.0 Å². The minimum atomic E-state index is -3.32. The van der Waals surface area contributed by atoms with E-state index in [1.807, 2.05) is 23.1 Å². The first-order valence-corrected chi connectivity index (χ1v) is 12.8. The molecular formula is C21H31N5O4S. The second kappa shape index (κ2) is 9.13. The fourth-order valence-electron chi connectivity index (χ4n) is 4.93. The average Bonchev–Trinajstić information content (AvgIpc) is 3.17. The van der Waals surface area contributed by atoms with Gasteiger partial charge < -0.3 is 15.1 Å². The molecule has 0 aliphatic carbocycles. The molecule has 170 valence electrons. The summed E-state index contributed by atoms with van der Waals surface area (Å²) in [7, 11) is -3.32. The zero-order chi connectivity index (χ0) is 22.0. The van der Waals surface area contributed by atoms with Gasteiger partial charge in [-0.1, -0.05) is 18.2 Å². The van der Waals surface area contributed by atoms with Gasteiger partial charge in [0.2, 0.25) is 21.8 Å². The summed E-state index contributed by atoms with van der Waals surface area (Å²) in [5.41, 5.74) is 1.19. The quantitative estimate of drug-likeness (QED) is 0.613. The smallest absolute Gasteiger partial charge is 0.237 e. The molecule has 2 N–H and O–H groups in total. The van der Waals surface area contributed by atoms with Crippen LogP contribution in [0.1, 0.15) is 19.3 Å². The van der Waals surface area contributed by atoms with Crippen LogP contribution in [0.3, 0.4) is 0 Å². The number of nitrogens with zero attached hydrogens (tertiary/aromatic N) is 3. The maximum absolute atomic E-state index is 12.8. The number of hydrogen-bond donors (Lipinski definition) is 2. The van der Waals surface area contributed by atoms with E-state index in [4.69, 9.17) is 0 Å². The summed E-state index contributed by atoms with van der Waals surface area (Å²) >= 11 is 0. The van der Waals surface area contributed by atoms with Gasteiger partial charge in [0.25, 0.3) is 0 Å². The number of sulfonamides is 1. The largest absolute Gasteiger partial charge is 0.368 e. The lowest BCUT2D eigenvalue weighted by molar-refractivity contribution is -0.132. The van der Waals surface area contributed by atoms with Crippen molar-refractivity contribution in [3.8, 4) is 0 Å². The van der Waals surface area contributed by atoms with Crippen molar-refractivity contribution >= 4 is 27.5 Å². The van der Waals surface area contributed by atoms with Crippen molar-refractivity contribution in [3.63, 3.8) is 0 Å². The third kappa shape index (κ3) is 5.36. The molecule has 3 saturated heterocycles. The molecule has 3 unspecified atom stereocenters. The van der Waals surface area contributed by atoms with Crippen LogP contribution in [0, 0.1) is 0 Å². The van der Waals surface area contributed by atoms with Crippen LogP contribution >= 0.6 is 0 Å². The minimum Gasteiger partial charge on any atom is -0.368 e. The van der Waals surface area contributed by atoms with Gasteiger partial charge in [0.1, 0.15) is 0 Å². The van der Waals surface area contributed by atoms with Crippen molar-refractivity contribution in [2.45, 2.75) is 37.4 Å². The second-order valence-electron chi connectivity index (χ2n) is 8.68. The molecule has 1 aromatic rings. The number of hydrogen-bond acceptors (Lipinski definition) is 6. The maximum atomic E-state index is 12.8. The molecular weight excluding hydrogens is 418 g/mol. The molecule has 3 aliphatic heterocycles. The Labute approximate surface area is 183 Å². The van der Waals surface area contributed by atoms with Crippen molar-refractivity contribution < 1.29 is 18.0 Å². The maximum Gasteiger partial charge on any atom is 0.237 e. The normalized spacial score (nSPS) is 27.1. The van der Waals surface area contributed by atoms with Crippen LogP contribution < -0.4 is 14.9 Å². The predicted octanol–water partition coefficient (Wildman–Crippen LogP) is -0.394. The number of piperazine rings is 2. The lowest BCUT2D eigenvalue weighted by Crippen LogP contribution is -2.58. The Balaban J connectivity index is 1.28. The van der Waals surface area contributed by atoms with Gasteiger partial charge in [-0.3, -0.25) is 14.5 Å². The van der Waals surface area contributed by atoms with E-state index in [1.165, 1.54) is 5.69 Å². The first kappa shape index (κ1) is 22.0. The summed E-state index contributed by atoms with van der Waals surface area (Å²) in [4.78, 5) is 31.4. The van der Waals surface area contributed by atoms with E-state index in [-0.39, 0.29) is 29.9 Å². The van der Waals surface area contributed by atoms with Crippen molar-refractivity contribution in [1.82, 2.24) is 19.8 Å². The Bertz CT molecular complexity index is 902. The highest BCUT2D eigenvalue weighted by atomic mass is 32.2. The number of carbonyl (C=O) groups excluding carboxylic acids is 2. The number of amides is 2. The summed E-state index contributed by atoms with van der Waals surface area (Å²) in [6.45, 7) is 4.06. The topological polar surface area (TPSA) is 102 Å². The van der Waals surface area contributed by atoms with E-state index >= 15 is 0 Å². The Kier molecular flexibility index (Phi) is 6.49. The first-order chi connectivity index (χ1) is 14.8. The molecule has 0 aromatic heterocycles. The Morgan fingerprint density at radius 3 is 2.55 bits per heavy atom. The van der Waals surface area contributed by atoms with Gasteiger partial charge in [0.05, 0.1) is 12.3 Å². The van der Waals surface area contributed by atoms with Crippen LogP contribution in [0.15, 0.2) is 30.3 Å². The van der Waals surface area contributed by atoms with E-state index < -0.39 is 10.0 Å². The van der Waals surface area contributed by atoms with Gasteiger partial charge in [-0.05, 0) is 25.0 Å². The van der Waals surface area contributed by atoms with Crippen molar-refractivity contribution in [1.29, 1.82) is 0 Å². The predicted molar refractivity (Wildman–Crippen MR) is 118 cm³/mol. The highest BCUT2D eigenvalue weighted by molar-refractivity contribution is 7.88. The van der Waals surface area contributed by atoms with E-state index in [0.717, 1.165) is 19.3 Å².